The van der Waals surface area contributed by atoms with Crippen LogP contribution < -0.4 is 5.43 Å². The van der Waals surface area contributed by atoms with Crippen molar-refractivity contribution in [3.05, 3.63) is 23.5 Å². The van der Waals surface area contributed by atoms with Crippen LogP contribution in [-0.4, -0.2) is 10.4 Å². The van der Waals surface area contributed by atoms with Crippen LogP contribution in [0.25, 0.3) is 0 Å². The maximum Gasteiger partial charge on any atom is 0.0598 e. The van der Waals surface area contributed by atoms with Gasteiger partial charge in [0.25, 0.3) is 0 Å². The number of rotatable bonds is 0. The highest BCUT2D eigenvalue weighted by Gasteiger charge is 1.94. The van der Waals surface area contributed by atoms with E-state index in [0.717, 1.165) is 5.17 Å². The molecule has 44 valence electrons. The number of nitrogens with zero attached hydrogens (tertiary/aromatic N) is 1. The highest BCUT2D eigenvalue weighted by molar-refractivity contribution is 6.31. The molecular formula is C4H5ClN2O. The zero-order valence-corrected chi connectivity index (χ0v) is 4.76. The predicted octanol–water partition coefficient (Wildman–Crippen LogP) is 0.790. The number of nitrogens with one attached hydrogen (secondary N) is 1. The topological polar surface area (TPSA) is 35.5 Å². The summed E-state index contributed by atoms with van der Waals surface area (Å²) in [4.78, 5) is 0. The summed E-state index contributed by atoms with van der Waals surface area (Å²) in [5.41, 5.74) is 2.44. The Morgan fingerprint density at radius 2 is 2.50 bits per heavy atom. The van der Waals surface area contributed by atoms with Crippen LogP contribution in [0.15, 0.2) is 23.5 Å². The second kappa shape index (κ2) is 2.07. The van der Waals surface area contributed by atoms with E-state index in [9.17, 15) is 0 Å². The molecule has 1 rings (SSSR count). The van der Waals surface area contributed by atoms with Gasteiger partial charge in [-0.3, -0.25) is 10.6 Å². The van der Waals surface area contributed by atoms with Gasteiger partial charge in [0.15, 0.2) is 0 Å². The molecule has 1 aliphatic rings. The Bertz CT molecular complexity index is 143. The molecule has 0 aromatic rings. The van der Waals surface area contributed by atoms with Gasteiger partial charge in [-0.15, -0.1) is 0 Å². The lowest BCUT2D eigenvalue weighted by Gasteiger charge is -2.13. The number of hydrogen-bond acceptors (Lipinski definition) is 3. The van der Waals surface area contributed by atoms with Crippen LogP contribution in [-0.2, 0) is 0 Å². The van der Waals surface area contributed by atoms with E-state index in [1.165, 1.54) is 12.4 Å². The van der Waals surface area contributed by atoms with Gasteiger partial charge < -0.3 is 0 Å². The van der Waals surface area contributed by atoms with Crippen LogP contribution in [0, 0.1) is 0 Å². The molecule has 2 N–H and O–H groups in total. The van der Waals surface area contributed by atoms with Crippen molar-refractivity contribution in [2.45, 2.75) is 0 Å². The van der Waals surface area contributed by atoms with Crippen LogP contribution in [0.3, 0.4) is 0 Å². The van der Waals surface area contributed by atoms with Crippen molar-refractivity contribution in [3.8, 4) is 0 Å². The highest BCUT2D eigenvalue weighted by atomic mass is 35.5. The van der Waals surface area contributed by atoms with Crippen LogP contribution in [0.1, 0.15) is 0 Å². The third-order valence-electron chi connectivity index (χ3n) is 0.710. The maximum atomic E-state index is 8.56. The zero-order valence-electron chi connectivity index (χ0n) is 4.00. The molecule has 0 spiro atoms. The standard InChI is InChI=1S/C4H5ClN2O/c5-4-1-2-7(8)6-3-4/h1-3,6,8H. The van der Waals surface area contributed by atoms with E-state index >= 15 is 0 Å². The average Bonchev–Trinajstić information content (AvgIpc) is 1.77. The van der Waals surface area contributed by atoms with Crippen molar-refractivity contribution in [1.82, 2.24) is 10.6 Å². The first-order chi connectivity index (χ1) is 3.79. The predicted molar refractivity (Wildman–Crippen MR) is 29.8 cm³/mol. The lowest BCUT2D eigenvalue weighted by Crippen LogP contribution is -2.26. The molecule has 8 heavy (non-hydrogen) atoms. The van der Waals surface area contributed by atoms with Crippen LogP contribution in [0.2, 0.25) is 0 Å². The molecule has 4 heteroatoms. The maximum absolute atomic E-state index is 8.56. The minimum Gasteiger partial charge on any atom is -0.281 e. The summed E-state index contributed by atoms with van der Waals surface area (Å²) < 4.78 is 0. The van der Waals surface area contributed by atoms with Crippen molar-refractivity contribution in [3.63, 3.8) is 0 Å². The lowest BCUT2D eigenvalue weighted by molar-refractivity contribution is -0.0760. The Hall–Kier alpha value is -0.670. The molecule has 0 unspecified atom stereocenters. The average molecular weight is 133 g/mol. The minimum atomic E-state index is 0.565. The Balaban J connectivity index is 2.58. The first kappa shape index (κ1) is 5.47. The van der Waals surface area contributed by atoms with Crippen LogP contribution >= 0.6 is 11.6 Å². The first-order valence-corrected chi connectivity index (χ1v) is 2.45. The van der Waals surface area contributed by atoms with Crippen molar-refractivity contribution in [1.29, 1.82) is 0 Å². The SMILES string of the molecule is ON1C=CC(Cl)=CN1. The lowest BCUT2D eigenvalue weighted by atomic mass is 10.5. The van der Waals surface area contributed by atoms with Gasteiger partial charge in [-0.25, -0.2) is 0 Å². The molecule has 0 aromatic carbocycles. The molecule has 1 heterocycles. The van der Waals surface area contributed by atoms with Gasteiger partial charge in [0.05, 0.1) is 11.2 Å². The quantitative estimate of drug-likeness (QED) is 0.512. The van der Waals surface area contributed by atoms with Gasteiger partial charge in [-0.05, 0) is 6.08 Å². The molecule has 0 saturated carbocycles. The van der Waals surface area contributed by atoms with Gasteiger partial charge in [0.2, 0.25) is 0 Å². The van der Waals surface area contributed by atoms with E-state index in [1.807, 2.05) is 0 Å². The fourth-order valence-electron chi connectivity index (χ4n) is 0.361. The fourth-order valence-corrected chi connectivity index (χ4v) is 0.466. The number of hydrogen-bond donors (Lipinski definition) is 2. The second-order valence-electron chi connectivity index (χ2n) is 1.32. The number of hydroxylamine groups is 1. The van der Waals surface area contributed by atoms with Gasteiger partial charge >= 0.3 is 0 Å². The van der Waals surface area contributed by atoms with Crippen LogP contribution in [0.5, 0.6) is 0 Å². The van der Waals surface area contributed by atoms with Crippen molar-refractivity contribution in [2.75, 3.05) is 0 Å². The number of halogens is 1. The largest absolute Gasteiger partial charge is 0.281 e. The molecular weight excluding hydrogens is 128 g/mol. The molecule has 0 radical (unpaired) electrons. The number of allylic oxidation sites excluding steroid dienone is 2. The van der Waals surface area contributed by atoms with Crippen molar-refractivity contribution < 1.29 is 5.21 Å². The van der Waals surface area contributed by atoms with Crippen molar-refractivity contribution in [2.24, 2.45) is 0 Å². The van der Waals surface area contributed by atoms with E-state index in [1.54, 1.807) is 6.08 Å². The highest BCUT2D eigenvalue weighted by Crippen LogP contribution is 2.04. The smallest absolute Gasteiger partial charge is 0.0598 e. The normalized spacial score (nSPS) is 17.8. The third kappa shape index (κ3) is 1.15. The zero-order chi connectivity index (χ0) is 5.98. The summed E-state index contributed by atoms with van der Waals surface area (Å²) in [6.07, 6.45) is 4.45. The van der Waals surface area contributed by atoms with E-state index in [2.05, 4.69) is 5.43 Å². The minimum absolute atomic E-state index is 0.565. The molecule has 0 aliphatic carbocycles. The fraction of sp³-hybridized carbons (Fsp3) is 0. The summed E-state index contributed by atoms with van der Waals surface area (Å²) in [6, 6.07) is 0. The Kier molecular flexibility index (Phi) is 1.41. The molecule has 0 saturated heterocycles. The Morgan fingerprint density at radius 3 is 2.88 bits per heavy atom. The third-order valence-corrected chi connectivity index (χ3v) is 0.945. The van der Waals surface area contributed by atoms with Gasteiger partial charge in [-0.2, -0.15) is 5.17 Å². The van der Waals surface area contributed by atoms with Gasteiger partial charge in [0.1, 0.15) is 0 Å². The Labute approximate surface area is 51.8 Å². The summed E-state index contributed by atoms with van der Waals surface area (Å²) in [5.74, 6) is 0. The summed E-state index contributed by atoms with van der Waals surface area (Å²) in [6.45, 7) is 0. The van der Waals surface area contributed by atoms with Crippen molar-refractivity contribution >= 4 is 11.6 Å². The summed E-state index contributed by atoms with van der Waals surface area (Å²) >= 11 is 5.46. The molecule has 0 bridgehead atoms. The molecule has 0 atom stereocenters. The van der Waals surface area contributed by atoms with Crippen LogP contribution in [0.4, 0.5) is 0 Å². The monoisotopic (exact) mass is 132 g/mol. The first-order valence-electron chi connectivity index (χ1n) is 2.07. The van der Waals surface area contributed by atoms with E-state index < -0.39 is 0 Å². The molecule has 0 aromatic heterocycles. The molecule has 0 fully saturated rings. The Morgan fingerprint density at radius 1 is 1.75 bits per heavy atom. The summed E-state index contributed by atoms with van der Waals surface area (Å²) in [7, 11) is 0. The molecule has 0 amide bonds. The van der Waals surface area contributed by atoms with E-state index in [4.69, 9.17) is 16.8 Å². The van der Waals surface area contributed by atoms with E-state index in [-0.39, 0.29) is 0 Å². The summed E-state index contributed by atoms with van der Waals surface area (Å²) in [5, 5.41) is 9.94. The molecule has 3 nitrogen and oxygen atoms in total. The molecule has 1 aliphatic heterocycles. The van der Waals surface area contributed by atoms with E-state index in [0.29, 0.717) is 5.03 Å². The number of hydrazine groups is 1. The second-order valence-corrected chi connectivity index (χ2v) is 1.76. The van der Waals surface area contributed by atoms with Gasteiger partial charge in [0, 0.05) is 6.20 Å². The van der Waals surface area contributed by atoms with Gasteiger partial charge in [-0.1, -0.05) is 11.6 Å².